The Balaban J connectivity index is 0.00000408. The summed E-state index contributed by atoms with van der Waals surface area (Å²) in [6.45, 7) is 8.86. The van der Waals surface area contributed by atoms with Gasteiger partial charge in [-0.05, 0) is 120 Å². The molecule has 5 aromatic heterocycles. The van der Waals surface area contributed by atoms with Gasteiger partial charge in [-0.3, -0.25) is 15.0 Å². The van der Waals surface area contributed by atoms with Crippen molar-refractivity contribution >= 4 is 76.8 Å². The third-order valence-corrected chi connectivity index (χ3v) is 12.1. The number of hydrogen-bond acceptors (Lipinski definition) is 4. The fraction of sp³-hybridized carbons (Fsp3) is 0.0755. The summed E-state index contributed by atoms with van der Waals surface area (Å²) in [7, 11) is 0. The van der Waals surface area contributed by atoms with Crippen molar-refractivity contribution in [1.29, 1.82) is 0 Å². The van der Waals surface area contributed by atoms with Gasteiger partial charge in [-0.2, -0.15) is 0 Å². The molecule has 0 aliphatic heterocycles. The van der Waals surface area contributed by atoms with Crippen LogP contribution >= 0.6 is 0 Å². The largest absolute Gasteiger partial charge is 2.00 e. The first-order valence-corrected chi connectivity index (χ1v) is 20.0. The normalized spacial score (nSPS) is 11.9. The van der Waals surface area contributed by atoms with Gasteiger partial charge >= 0.3 is 20.4 Å². The molecule has 12 rings (SSSR count). The van der Waals surface area contributed by atoms with Crippen molar-refractivity contribution in [3.63, 3.8) is 0 Å². The maximum atomic E-state index is 6.69. The second-order valence-corrected chi connectivity index (χ2v) is 15.7. The molecule has 0 radical (unpaired) electrons. The van der Waals surface area contributed by atoms with Crippen LogP contribution in [0.25, 0.3) is 99.1 Å². The first-order valence-electron chi connectivity index (χ1n) is 20.0. The molecule has 6 nitrogen and oxygen atoms in total. The molecule has 0 saturated heterocycles. The van der Waals surface area contributed by atoms with E-state index in [4.69, 9.17) is 19.7 Å². The predicted octanol–water partition coefficient (Wildman–Crippen LogP) is 13.3. The Kier molecular flexibility index (Phi) is 8.19. The molecule has 0 aliphatic rings. The molecule has 0 N–H and O–H groups in total. The van der Waals surface area contributed by atoms with E-state index >= 15 is 0 Å². The molecule has 0 fully saturated rings. The Morgan fingerprint density at radius 3 is 1.57 bits per heavy atom. The second-order valence-electron chi connectivity index (χ2n) is 15.7. The van der Waals surface area contributed by atoms with E-state index in [0.717, 1.165) is 76.8 Å². The zero-order chi connectivity index (χ0) is 39.5. The molecule has 288 valence electrons. The number of pyridine rings is 3. The Hall–Kier alpha value is -6.91. The SMILES string of the molecule is Cc1cccc(C)c1-c1cc2c3ccc(Oc4[c-]c5c(cc4)c4ncccc4n4c6ccccc6nc54)[c-]c3c3nc4ccccc4n3c2cc1-c1c(C)cccc1C.[Pd+2]. The maximum absolute atomic E-state index is 6.69. The zero-order valence-corrected chi connectivity index (χ0v) is 34.8. The van der Waals surface area contributed by atoms with E-state index in [1.165, 1.54) is 44.5 Å². The smallest absolute Gasteiger partial charge is 0.497 e. The van der Waals surface area contributed by atoms with Gasteiger partial charge < -0.3 is 13.5 Å². The number of nitrogens with zero attached hydrogens (tertiary/aromatic N) is 5. The maximum Gasteiger partial charge on any atom is 2.00 e. The fourth-order valence-electron chi connectivity index (χ4n) is 9.50. The molecule has 7 aromatic carbocycles. The number of fused-ring (bicyclic) bond motifs is 16. The fourth-order valence-corrected chi connectivity index (χ4v) is 9.50. The molecule has 0 bridgehead atoms. The number of imidazole rings is 2. The summed E-state index contributed by atoms with van der Waals surface area (Å²) >= 11 is 0. The average molecular weight is 864 g/mol. The quantitative estimate of drug-likeness (QED) is 0.100. The minimum atomic E-state index is 0. The summed E-state index contributed by atoms with van der Waals surface area (Å²) in [5, 5.41) is 4.88. The Bertz CT molecular complexity index is 3730. The van der Waals surface area contributed by atoms with E-state index in [1.807, 2.05) is 48.7 Å². The predicted molar refractivity (Wildman–Crippen MR) is 241 cm³/mol. The summed E-state index contributed by atoms with van der Waals surface area (Å²) < 4.78 is 11.2. The van der Waals surface area contributed by atoms with Crippen LogP contribution in [0.3, 0.4) is 0 Å². The molecule has 0 atom stereocenters. The molecular formula is C53H35N5OPd. The zero-order valence-electron chi connectivity index (χ0n) is 33.2. The standard InChI is InChI=1S/C53H35N5O.Pd/c1-30-12-9-13-31(2)49(30)39-28-38-36-23-21-34(59-35-22-24-37-42(27-35)53-56-43-16-5-7-18-45(43)57(53)47-20-11-25-54-51(37)47)26-41(36)52-55-44-17-6-8-19-46(44)58(52)48(38)29-40(39)50-32(3)14-10-15-33(50)4;/h5-25,28-29H,1-4H3;/q-2;+2. The number of aromatic nitrogens is 5. The van der Waals surface area contributed by atoms with Crippen molar-refractivity contribution in [1.82, 2.24) is 23.8 Å². The van der Waals surface area contributed by atoms with Gasteiger partial charge in [0, 0.05) is 23.2 Å². The Labute approximate surface area is 359 Å². The molecule has 0 spiro atoms. The van der Waals surface area contributed by atoms with E-state index in [0.29, 0.717) is 11.5 Å². The second kappa shape index (κ2) is 13.6. The van der Waals surface area contributed by atoms with Crippen LogP contribution in [0.5, 0.6) is 11.5 Å². The van der Waals surface area contributed by atoms with Crippen LogP contribution in [0.1, 0.15) is 22.3 Å². The molecule has 5 heterocycles. The topological polar surface area (TPSA) is 56.7 Å². The van der Waals surface area contributed by atoms with E-state index < -0.39 is 0 Å². The number of rotatable bonds is 4. The summed E-state index contributed by atoms with van der Waals surface area (Å²) in [5.41, 5.74) is 18.4. The van der Waals surface area contributed by atoms with Gasteiger partial charge in [0.15, 0.2) is 0 Å². The minimum Gasteiger partial charge on any atom is -0.497 e. The van der Waals surface area contributed by atoms with Crippen LogP contribution in [0.4, 0.5) is 0 Å². The van der Waals surface area contributed by atoms with Crippen LogP contribution < -0.4 is 4.74 Å². The van der Waals surface area contributed by atoms with E-state index in [9.17, 15) is 0 Å². The van der Waals surface area contributed by atoms with Crippen molar-refractivity contribution in [2.75, 3.05) is 0 Å². The number of ether oxygens (including phenoxy) is 1. The van der Waals surface area contributed by atoms with Crippen molar-refractivity contribution in [3.05, 3.63) is 174 Å². The van der Waals surface area contributed by atoms with Crippen LogP contribution in [0.15, 0.2) is 140 Å². The van der Waals surface area contributed by atoms with Gasteiger partial charge in [0.2, 0.25) is 0 Å². The van der Waals surface area contributed by atoms with Gasteiger partial charge in [0.1, 0.15) is 0 Å². The average Bonchev–Trinajstić information content (AvgIpc) is 3.84. The number of para-hydroxylation sites is 4. The minimum absolute atomic E-state index is 0. The Morgan fingerprint density at radius 2 is 0.967 bits per heavy atom. The van der Waals surface area contributed by atoms with Gasteiger partial charge in [-0.15, -0.1) is 12.1 Å². The van der Waals surface area contributed by atoms with Crippen molar-refractivity contribution < 1.29 is 25.2 Å². The third-order valence-electron chi connectivity index (χ3n) is 12.1. The first kappa shape index (κ1) is 36.2. The molecule has 0 unspecified atom stereocenters. The van der Waals surface area contributed by atoms with Crippen LogP contribution in [-0.2, 0) is 20.4 Å². The van der Waals surface area contributed by atoms with Crippen LogP contribution in [0, 0.1) is 39.8 Å². The molecule has 60 heavy (non-hydrogen) atoms. The van der Waals surface area contributed by atoms with Crippen molar-refractivity contribution in [2.24, 2.45) is 0 Å². The van der Waals surface area contributed by atoms with Crippen LogP contribution in [0.2, 0.25) is 0 Å². The molecule has 0 aliphatic carbocycles. The van der Waals surface area contributed by atoms with E-state index in [2.05, 4.69) is 140 Å². The summed E-state index contributed by atoms with van der Waals surface area (Å²) in [6.07, 6.45) is 1.83. The number of hydrogen-bond donors (Lipinski definition) is 0. The first-order chi connectivity index (χ1) is 28.9. The molecule has 12 aromatic rings. The monoisotopic (exact) mass is 863 g/mol. The van der Waals surface area contributed by atoms with Crippen LogP contribution in [-0.4, -0.2) is 23.8 Å². The summed E-state index contributed by atoms with van der Waals surface area (Å²) in [6, 6.07) is 54.0. The molecular weight excluding hydrogens is 829 g/mol. The number of aryl methyl sites for hydroxylation is 4. The molecule has 0 amide bonds. The van der Waals surface area contributed by atoms with Gasteiger partial charge in [-0.1, -0.05) is 113 Å². The Morgan fingerprint density at radius 1 is 0.467 bits per heavy atom. The van der Waals surface area contributed by atoms with Crippen molar-refractivity contribution in [2.45, 2.75) is 27.7 Å². The van der Waals surface area contributed by atoms with E-state index in [-0.39, 0.29) is 20.4 Å². The molecule has 7 heteroatoms. The van der Waals surface area contributed by atoms with Crippen molar-refractivity contribution in [3.8, 4) is 33.8 Å². The van der Waals surface area contributed by atoms with Gasteiger partial charge in [0.25, 0.3) is 0 Å². The van der Waals surface area contributed by atoms with Gasteiger partial charge in [-0.25, -0.2) is 0 Å². The summed E-state index contributed by atoms with van der Waals surface area (Å²) in [5.74, 6) is 1.14. The van der Waals surface area contributed by atoms with Gasteiger partial charge in [0.05, 0.1) is 44.4 Å². The number of benzene rings is 7. The van der Waals surface area contributed by atoms with E-state index in [1.54, 1.807) is 0 Å². The molecule has 0 saturated carbocycles. The third kappa shape index (κ3) is 5.26. The summed E-state index contributed by atoms with van der Waals surface area (Å²) in [4.78, 5) is 15.1.